The Morgan fingerprint density at radius 3 is 2.47 bits per heavy atom. The fraction of sp³-hybridized carbons (Fsp3) is 1.00. The fourth-order valence-electron chi connectivity index (χ4n) is 2.46. The molecule has 2 unspecified atom stereocenters. The van der Waals surface area contributed by atoms with Gasteiger partial charge in [-0.25, -0.2) is 8.42 Å². The number of nitrogens with two attached hydrogens (primary N) is 1. The summed E-state index contributed by atoms with van der Waals surface area (Å²) >= 11 is 0. The van der Waals surface area contributed by atoms with Crippen LogP contribution in [0.5, 0.6) is 0 Å². The van der Waals surface area contributed by atoms with E-state index in [1.165, 1.54) is 19.3 Å². The van der Waals surface area contributed by atoms with Crippen LogP contribution in [-0.4, -0.2) is 26.0 Å². The van der Waals surface area contributed by atoms with Crippen LogP contribution in [0.2, 0.25) is 0 Å². The molecule has 2 rings (SSSR count). The zero-order chi connectivity index (χ0) is 10.9. The van der Waals surface area contributed by atoms with E-state index in [9.17, 15) is 8.42 Å². The molecule has 0 spiro atoms. The lowest BCUT2D eigenvalue weighted by molar-refractivity contribution is 0.436. The van der Waals surface area contributed by atoms with Crippen molar-refractivity contribution >= 4 is 9.84 Å². The Hall–Kier alpha value is -0.0900. The van der Waals surface area contributed by atoms with Crippen molar-refractivity contribution in [1.29, 1.82) is 0 Å². The van der Waals surface area contributed by atoms with Gasteiger partial charge in [0, 0.05) is 6.04 Å². The van der Waals surface area contributed by atoms with E-state index in [2.05, 4.69) is 0 Å². The molecule has 0 aromatic rings. The summed E-state index contributed by atoms with van der Waals surface area (Å²) in [6.45, 7) is 0. The smallest absolute Gasteiger partial charge is 0.150 e. The third-order valence-electron chi connectivity index (χ3n) is 3.61. The summed E-state index contributed by atoms with van der Waals surface area (Å²) in [5.74, 6) is 2.03. The van der Waals surface area contributed by atoms with E-state index in [1.807, 2.05) is 0 Å². The summed E-state index contributed by atoms with van der Waals surface area (Å²) < 4.78 is 22.5. The van der Waals surface area contributed by atoms with Crippen LogP contribution < -0.4 is 5.73 Å². The van der Waals surface area contributed by atoms with Crippen molar-refractivity contribution in [1.82, 2.24) is 0 Å². The van der Waals surface area contributed by atoms with Gasteiger partial charge in [-0.2, -0.15) is 0 Å². The minimum Gasteiger partial charge on any atom is -0.328 e. The molecule has 2 N–H and O–H groups in total. The second-order valence-corrected chi connectivity index (χ2v) is 7.51. The summed E-state index contributed by atoms with van der Waals surface area (Å²) in [6, 6.07) is 0.226. The highest BCUT2D eigenvalue weighted by molar-refractivity contribution is 7.91. The molecule has 2 aliphatic rings. The minimum atomic E-state index is -2.72. The van der Waals surface area contributed by atoms with Crippen molar-refractivity contribution in [3.05, 3.63) is 0 Å². The molecular formula is C11H21NO2S. The van der Waals surface area contributed by atoms with Crippen LogP contribution in [0.3, 0.4) is 0 Å². The molecule has 0 radical (unpaired) electrons. The average molecular weight is 231 g/mol. The van der Waals surface area contributed by atoms with Crippen molar-refractivity contribution in [3.63, 3.8) is 0 Å². The molecule has 0 aromatic carbocycles. The van der Waals surface area contributed by atoms with Gasteiger partial charge in [-0.3, -0.25) is 0 Å². The Kier molecular flexibility index (Phi) is 3.36. The highest BCUT2D eigenvalue weighted by atomic mass is 32.2. The number of rotatable bonds is 5. The molecule has 0 amide bonds. The van der Waals surface area contributed by atoms with Gasteiger partial charge in [0.05, 0.1) is 11.5 Å². The molecule has 88 valence electrons. The Morgan fingerprint density at radius 1 is 1.20 bits per heavy atom. The molecule has 1 heterocycles. The Bertz CT molecular complexity index is 309. The van der Waals surface area contributed by atoms with Crippen LogP contribution in [0.25, 0.3) is 0 Å². The van der Waals surface area contributed by atoms with Gasteiger partial charge < -0.3 is 5.73 Å². The Balaban J connectivity index is 1.67. The zero-order valence-corrected chi connectivity index (χ0v) is 10.0. The molecule has 2 atom stereocenters. The second-order valence-electron chi connectivity index (χ2n) is 5.29. The summed E-state index contributed by atoms with van der Waals surface area (Å²) in [6.07, 6.45) is 6.84. The first-order chi connectivity index (χ1) is 7.05. The third-order valence-corrected chi connectivity index (χ3v) is 5.44. The van der Waals surface area contributed by atoms with Crippen LogP contribution in [0.15, 0.2) is 0 Å². The summed E-state index contributed by atoms with van der Waals surface area (Å²) in [4.78, 5) is 0. The highest BCUT2D eigenvalue weighted by Crippen LogP contribution is 2.34. The normalized spacial score (nSPS) is 31.7. The average Bonchev–Trinajstić information content (AvgIpc) is 2.89. The molecule has 1 aliphatic carbocycles. The van der Waals surface area contributed by atoms with Gasteiger partial charge in [0.1, 0.15) is 0 Å². The lowest BCUT2D eigenvalue weighted by Crippen LogP contribution is -2.24. The predicted octanol–water partition coefficient (Wildman–Crippen LogP) is 1.33. The van der Waals surface area contributed by atoms with Gasteiger partial charge in [-0.1, -0.05) is 12.8 Å². The number of hydrogen-bond donors (Lipinski definition) is 1. The van der Waals surface area contributed by atoms with Crippen molar-refractivity contribution in [2.24, 2.45) is 17.6 Å². The van der Waals surface area contributed by atoms with Crippen molar-refractivity contribution < 1.29 is 8.42 Å². The summed E-state index contributed by atoms with van der Waals surface area (Å²) in [5, 5.41) is 0. The lowest BCUT2D eigenvalue weighted by atomic mass is 9.96. The topological polar surface area (TPSA) is 60.2 Å². The molecular weight excluding hydrogens is 210 g/mol. The summed E-state index contributed by atoms with van der Waals surface area (Å²) in [7, 11) is -2.72. The minimum absolute atomic E-state index is 0.226. The van der Waals surface area contributed by atoms with Gasteiger partial charge in [0.2, 0.25) is 0 Å². The standard InChI is InChI=1S/C11H21NO2S/c12-11(4-3-9-1-2-9)7-10-5-6-15(13,14)8-10/h9-11H,1-8,12H2. The monoisotopic (exact) mass is 231 g/mol. The molecule has 1 saturated heterocycles. The Morgan fingerprint density at radius 2 is 1.93 bits per heavy atom. The largest absolute Gasteiger partial charge is 0.328 e. The molecule has 0 bridgehead atoms. The van der Waals surface area contributed by atoms with Gasteiger partial charge in [0.25, 0.3) is 0 Å². The van der Waals surface area contributed by atoms with Gasteiger partial charge in [-0.15, -0.1) is 0 Å². The van der Waals surface area contributed by atoms with Crippen LogP contribution in [0.4, 0.5) is 0 Å². The molecule has 4 heteroatoms. The highest BCUT2D eigenvalue weighted by Gasteiger charge is 2.29. The maximum Gasteiger partial charge on any atom is 0.150 e. The predicted molar refractivity (Wildman–Crippen MR) is 61.3 cm³/mol. The molecule has 15 heavy (non-hydrogen) atoms. The van der Waals surface area contributed by atoms with E-state index in [1.54, 1.807) is 0 Å². The first-order valence-corrected chi connectivity index (χ1v) is 7.83. The maximum absolute atomic E-state index is 11.3. The maximum atomic E-state index is 11.3. The first kappa shape index (κ1) is 11.4. The van der Waals surface area contributed by atoms with Crippen LogP contribution in [-0.2, 0) is 9.84 Å². The molecule has 1 aliphatic heterocycles. The zero-order valence-electron chi connectivity index (χ0n) is 9.19. The van der Waals surface area contributed by atoms with Crippen LogP contribution in [0.1, 0.15) is 38.5 Å². The van der Waals surface area contributed by atoms with E-state index >= 15 is 0 Å². The Labute approximate surface area is 92.3 Å². The summed E-state index contributed by atoms with van der Waals surface area (Å²) in [5.41, 5.74) is 6.02. The molecule has 2 fully saturated rings. The first-order valence-electron chi connectivity index (χ1n) is 6.01. The second kappa shape index (κ2) is 4.42. The van der Waals surface area contributed by atoms with E-state index < -0.39 is 9.84 Å². The van der Waals surface area contributed by atoms with E-state index in [-0.39, 0.29) is 6.04 Å². The van der Waals surface area contributed by atoms with Crippen molar-refractivity contribution in [3.8, 4) is 0 Å². The molecule has 1 saturated carbocycles. The number of sulfone groups is 1. The SMILES string of the molecule is NC(CCC1CC1)CC1CCS(=O)(=O)C1. The fourth-order valence-corrected chi connectivity index (χ4v) is 4.34. The van der Waals surface area contributed by atoms with Crippen LogP contribution in [0, 0.1) is 11.8 Å². The van der Waals surface area contributed by atoms with Gasteiger partial charge in [-0.05, 0) is 37.5 Å². The van der Waals surface area contributed by atoms with E-state index in [4.69, 9.17) is 5.73 Å². The number of hydrogen-bond acceptors (Lipinski definition) is 3. The van der Waals surface area contributed by atoms with Gasteiger partial charge in [0.15, 0.2) is 9.84 Å². The van der Waals surface area contributed by atoms with Crippen molar-refractivity contribution in [2.45, 2.75) is 44.6 Å². The molecule has 3 nitrogen and oxygen atoms in total. The van der Waals surface area contributed by atoms with Crippen LogP contribution >= 0.6 is 0 Å². The van der Waals surface area contributed by atoms with Crippen molar-refractivity contribution in [2.75, 3.05) is 11.5 Å². The molecule has 0 aromatic heterocycles. The lowest BCUT2D eigenvalue weighted by Gasteiger charge is -2.14. The quantitative estimate of drug-likeness (QED) is 0.776. The third kappa shape index (κ3) is 3.76. The van der Waals surface area contributed by atoms with E-state index in [0.717, 1.165) is 25.2 Å². The van der Waals surface area contributed by atoms with E-state index in [0.29, 0.717) is 17.4 Å². The van der Waals surface area contributed by atoms with Gasteiger partial charge >= 0.3 is 0 Å².